The molecule has 0 amide bonds. The molecule has 43 heavy (non-hydrogen) atoms. The summed E-state index contributed by atoms with van der Waals surface area (Å²) in [6.45, 7) is 3.91. The van der Waals surface area contributed by atoms with Crippen molar-refractivity contribution in [2.45, 2.75) is 50.4 Å². The maximum atomic E-state index is 12.5. The van der Waals surface area contributed by atoms with Crippen LogP contribution in [0.1, 0.15) is 66.3 Å². The van der Waals surface area contributed by atoms with Crippen molar-refractivity contribution in [3.8, 4) is 0 Å². The van der Waals surface area contributed by atoms with Gasteiger partial charge in [-0.1, -0.05) is 78.3 Å². The maximum Gasteiger partial charge on any atom is 0.268 e. The molecular formula is C35H38ClNO4S2. The summed E-state index contributed by atoms with van der Waals surface area (Å²) in [6.07, 6.45) is 7.69. The van der Waals surface area contributed by atoms with Crippen molar-refractivity contribution in [3.63, 3.8) is 0 Å². The van der Waals surface area contributed by atoms with E-state index in [0.717, 1.165) is 64.5 Å². The smallest absolute Gasteiger partial charge is 0.268 e. The normalized spacial score (nSPS) is 14.9. The van der Waals surface area contributed by atoms with Crippen molar-refractivity contribution in [2.24, 2.45) is 5.92 Å². The van der Waals surface area contributed by atoms with Crippen LogP contribution in [0.5, 0.6) is 0 Å². The summed E-state index contributed by atoms with van der Waals surface area (Å²) in [5.74, 6) is 0.816. The molecule has 226 valence electrons. The van der Waals surface area contributed by atoms with Gasteiger partial charge in [-0.05, 0) is 92.0 Å². The molecular weight excluding hydrogens is 598 g/mol. The third-order valence-corrected chi connectivity index (χ3v) is 10.6. The highest BCUT2D eigenvalue weighted by Crippen LogP contribution is 2.36. The van der Waals surface area contributed by atoms with Crippen molar-refractivity contribution in [1.29, 1.82) is 0 Å². The number of nitrogens with zero attached hydrogens (tertiary/aromatic N) is 1. The number of aliphatic hydroxyl groups is 1. The van der Waals surface area contributed by atoms with Crippen LogP contribution in [-0.2, 0) is 26.3 Å². The van der Waals surface area contributed by atoms with E-state index in [2.05, 4.69) is 24.3 Å². The molecule has 5 nitrogen and oxygen atoms in total. The second-order valence-corrected chi connectivity index (χ2v) is 15.2. The molecule has 1 aliphatic rings. The van der Waals surface area contributed by atoms with Gasteiger partial charge in [0.15, 0.2) is 0 Å². The molecule has 1 fully saturated rings. The first-order valence-electron chi connectivity index (χ1n) is 14.7. The first-order valence-corrected chi connectivity index (χ1v) is 17.7. The lowest BCUT2D eigenvalue weighted by Gasteiger charge is -2.23. The summed E-state index contributed by atoms with van der Waals surface area (Å²) in [6, 6.07) is 26.1. The standard InChI is InChI=1S/C35H38ClNO4S2/c1-35(2,38)32-9-4-3-7-27(32)15-19-34(42-20-21-43(39,40)41-24-26-10-11-26)29-8-5-6-25(22-29)12-17-31-18-14-28-13-16-30(36)23-33(28)37-31/h3-9,12-14,16-18,22-23,26,34,38H,10-11,15,19-21,24H2,1-2H3/b17-12+/t34-/m1/s1. The Kier molecular flexibility index (Phi) is 10.3. The Hall–Kier alpha value is -2.68. The molecule has 1 aliphatic carbocycles. The van der Waals surface area contributed by atoms with E-state index in [1.165, 1.54) is 0 Å². The van der Waals surface area contributed by atoms with Crippen molar-refractivity contribution in [2.75, 3.05) is 18.1 Å². The third-order valence-electron chi connectivity index (χ3n) is 7.59. The molecule has 1 atom stereocenters. The fourth-order valence-electron chi connectivity index (χ4n) is 5.05. The third kappa shape index (κ3) is 9.40. The highest BCUT2D eigenvalue weighted by Gasteiger charge is 2.25. The highest BCUT2D eigenvalue weighted by atomic mass is 35.5. The largest absolute Gasteiger partial charge is 0.386 e. The molecule has 0 saturated heterocycles. The Balaban J connectivity index is 1.33. The van der Waals surface area contributed by atoms with E-state index >= 15 is 0 Å². The van der Waals surface area contributed by atoms with E-state index in [9.17, 15) is 13.5 Å². The fraction of sp³-hybridized carbons (Fsp3) is 0.343. The van der Waals surface area contributed by atoms with Crippen molar-refractivity contribution in [1.82, 2.24) is 4.98 Å². The Morgan fingerprint density at radius 1 is 1.05 bits per heavy atom. The molecule has 0 bridgehead atoms. The lowest BCUT2D eigenvalue weighted by atomic mass is 9.90. The van der Waals surface area contributed by atoms with Gasteiger partial charge in [0.1, 0.15) is 0 Å². The monoisotopic (exact) mass is 635 g/mol. The molecule has 0 aliphatic heterocycles. The SMILES string of the molecule is CC(C)(O)c1ccccc1CC[C@@H](SCCS(=O)(=O)OCC1CC1)c1cccc(/C=C/c2ccc3ccc(Cl)cc3n2)c1. The molecule has 8 heteroatoms. The number of thioether (sulfide) groups is 1. The average molecular weight is 636 g/mol. The number of fused-ring (bicyclic) bond motifs is 1. The van der Waals surface area contributed by atoms with Gasteiger partial charge in [-0.3, -0.25) is 4.18 Å². The zero-order valence-electron chi connectivity index (χ0n) is 24.6. The summed E-state index contributed by atoms with van der Waals surface area (Å²) < 4.78 is 30.3. The van der Waals surface area contributed by atoms with E-state index < -0.39 is 15.7 Å². The van der Waals surface area contributed by atoms with Gasteiger partial charge in [0, 0.05) is 21.4 Å². The summed E-state index contributed by atoms with van der Waals surface area (Å²) in [5, 5.41) is 12.5. The topological polar surface area (TPSA) is 76.5 Å². The summed E-state index contributed by atoms with van der Waals surface area (Å²) in [7, 11) is -3.55. The molecule has 3 aromatic carbocycles. The molecule has 1 aromatic heterocycles. The van der Waals surface area contributed by atoms with Crippen LogP contribution in [-0.4, -0.2) is 36.6 Å². The van der Waals surface area contributed by atoms with Gasteiger partial charge in [-0.25, -0.2) is 4.98 Å². The van der Waals surface area contributed by atoms with E-state index in [4.69, 9.17) is 20.8 Å². The minimum absolute atomic E-state index is 0.0155. The maximum absolute atomic E-state index is 12.5. The molecule has 1 saturated carbocycles. The number of hydrogen-bond acceptors (Lipinski definition) is 6. The van der Waals surface area contributed by atoms with Crippen LogP contribution >= 0.6 is 23.4 Å². The lowest BCUT2D eigenvalue weighted by molar-refractivity contribution is 0.0776. The molecule has 0 unspecified atom stereocenters. The van der Waals surface area contributed by atoms with Gasteiger partial charge in [-0.2, -0.15) is 20.2 Å². The number of hydrogen-bond donors (Lipinski definition) is 1. The van der Waals surface area contributed by atoms with Gasteiger partial charge in [0.05, 0.1) is 29.2 Å². The van der Waals surface area contributed by atoms with Crippen LogP contribution in [0.25, 0.3) is 23.1 Å². The second-order valence-electron chi connectivity index (χ2n) is 11.7. The number of rotatable bonds is 14. The number of pyridine rings is 1. The van der Waals surface area contributed by atoms with Gasteiger partial charge < -0.3 is 5.11 Å². The predicted octanol–water partition coefficient (Wildman–Crippen LogP) is 8.45. The zero-order chi connectivity index (χ0) is 30.5. The lowest BCUT2D eigenvalue weighted by Crippen LogP contribution is -2.18. The molecule has 1 heterocycles. The minimum Gasteiger partial charge on any atom is -0.386 e. The molecule has 0 spiro atoms. The van der Waals surface area contributed by atoms with Crippen molar-refractivity contribution >= 4 is 56.5 Å². The van der Waals surface area contributed by atoms with E-state index in [1.807, 2.05) is 66.7 Å². The predicted molar refractivity (Wildman–Crippen MR) is 180 cm³/mol. The van der Waals surface area contributed by atoms with Gasteiger partial charge >= 0.3 is 0 Å². The number of halogens is 1. The summed E-state index contributed by atoms with van der Waals surface area (Å²) in [5.41, 5.74) is 4.91. The number of aromatic nitrogens is 1. The second kappa shape index (κ2) is 14.0. The van der Waals surface area contributed by atoms with Crippen LogP contribution in [0.4, 0.5) is 0 Å². The molecule has 0 radical (unpaired) electrons. The fourth-order valence-corrected chi connectivity index (χ4v) is 7.84. The minimum atomic E-state index is -3.55. The Morgan fingerprint density at radius 2 is 1.84 bits per heavy atom. The van der Waals surface area contributed by atoms with Crippen molar-refractivity contribution < 1.29 is 17.7 Å². The Labute approximate surface area is 264 Å². The Bertz CT molecular complexity index is 1690. The van der Waals surface area contributed by atoms with Gasteiger partial charge in [0.25, 0.3) is 10.1 Å². The molecule has 5 rings (SSSR count). The van der Waals surface area contributed by atoms with Crippen LogP contribution in [0, 0.1) is 5.92 Å². The molecule has 4 aromatic rings. The summed E-state index contributed by atoms with van der Waals surface area (Å²) in [4.78, 5) is 4.73. The highest BCUT2D eigenvalue weighted by molar-refractivity contribution is 8.00. The Morgan fingerprint density at radius 3 is 2.63 bits per heavy atom. The number of benzene rings is 3. The molecule has 1 N–H and O–H groups in total. The van der Waals surface area contributed by atoms with Crippen LogP contribution < -0.4 is 0 Å². The van der Waals surface area contributed by atoms with E-state index in [-0.39, 0.29) is 11.0 Å². The van der Waals surface area contributed by atoms with Crippen LogP contribution in [0.15, 0.2) is 78.9 Å². The zero-order valence-corrected chi connectivity index (χ0v) is 27.0. The van der Waals surface area contributed by atoms with E-state index in [1.54, 1.807) is 25.6 Å². The quantitative estimate of drug-likeness (QED) is 0.140. The van der Waals surface area contributed by atoms with E-state index in [0.29, 0.717) is 23.3 Å². The number of aryl methyl sites for hydroxylation is 1. The van der Waals surface area contributed by atoms with Gasteiger partial charge in [-0.15, -0.1) is 0 Å². The summed E-state index contributed by atoms with van der Waals surface area (Å²) >= 11 is 7.80. The first-order chi connectivity index (χ1) is 20.6. The van der Waals surface area contributed by atoms with Gasteiger partial charge in [0.2, 0.25) is 0 Å². The van der Waals surface area contributed by atoms with Crippen LogP contribution in [0.3, 0.4) is 0 Å². The first kappa shape index (κ1) is 31.7. The van der Waals surface area contributed by atoms with Crippen LogP contribution in [0.2, 0.25) is 5.02 Å². The average Bonchev–Trinajstić information content (AvgIpc) is 3.81. The van der Waals surface area contributed by atoms with Crippen molar-refractivity contribution in [3.05, 3.63) is 112 Å².